The summed E-state index contributed by atoms with van der Waals surface area (Å²) in [5, 5.41) is 0. The fourth-order valence-corrected chi connectivity index (χ4v) is 1.74. The van der Waals surface area contributed by atoms with Crippen molar-refractivity contribution in [2.75, 3.05) is 12.5 Å². The number of rotatable bonds is 3. The third-order valence-electron chi connectivity index (χ3n) is 3.47. The Labute approximate surface area is 109 Å². The predicted molar refractivity (Wildman–Crippen MR) is 75.3 cm³/mol. The molecule has 4 heteroatoms. The largest absolute Gasteiger partial charge is 0.338 e. The highest BCUT2D eigenvalue weighted by molar-refractivity contribution is 5.99. The molecule has 1 aromatic carbocycles. The van der Waals surface area contributed by atoms with Gasteiger partial charge in [-0.15, -0.1) is 0 Å². The number of anilines is 1. The number of benzene rings is 1. The molecule has 3 N–H and O–H groups in total. The summed E-state index contributed by atoms with van der Waals surface area (Å²) in [6, 6.07) is 7.39. The van der Waals surface area contributed by atoms with Crippen LogP contribution in [0.1, 0.15) is 38.1 Å². The number of para-hydroxylation sites is 1. The molecule has 18 heavy (non-hydrogen) atoms. The molecule has 1 unspecified atom stereocenters. The number of carbonyl (C=O) groups is 1. The van der Waals surface area contributed by atoms with Gasteiger partial charge in [-0.25, -0.2) is 0 Å². The van der Waals surface area contributed by atoms with E-state index in [0.29, 0.717) is 11.3 Å². The first-order valence-electron chi connectivity index (χ1n) is 6.12. The van der Waals surface area contributed by atoms with Crippen LogP contribution in [0.15, 0.2) is 24.3 Å². The number of nitrogens with one attached hydrogen (secondary N) is 1. The number of carbonyl (C=O) groups excluding carboxylic acids is 1. The Balaban J connectivity index is 3.00. The van der Waals surface area contributed by atoms with Gasteiger partial charge < -0.3 is 10.3 Å². The van der Waals surface area contributed by atoms with E-state index < -0.39 is 0 Å². The maximum atomic E-state index is 12.4. The molecule has 0 heterocycles. The standard InChI is InChI=1S/C14H23N3O/c1-10(14(2,3)4)17(5)13(18)11-8-6-7-9-12(11)16-15/h6-10,16H,15H2,1-5H3. The zero-order valence-corrected chi connectivity index (χ0v) is 11.8. The third kappa shape index (κ3) is 3.01. The summed E-state index contributed by atoms with van der Waals surface area (Å²) in [5.74, 6) is 5.41. The lowest BCUT2D eigenvalue weighted by molar-refractivity contribution is 0.0630. The van der Waals surface area contributed by atoms with E-state index in [-0.39, 0.29) is 17.4 Å². The third-order valence-corrected chi connectivity index (χ3v) is 3.47. The molecule has 100 valence electrons. The molecule has 0 aromatic heterocycles. The van der Waals surface area contributed by atoms with Gasteiger partial charge in [0.1, 0.15) is 0 Å². The zero-order valence-electron chi connectivity index (χ0n) is 11.8. The fraction of sp³-hybridized carbons (Fsp3) is 0.500. The van der Waals surface area contributed by atoms with Crippen molar-refractivity contribution in [1.82, 2.24) is 4.90 Å². The first kappa shape index (κ1) is 14.5. The number of hydrogen-bond acceptors (Lipinski definition) is 3. The highest BCUT2D eigenvalue weighted by Crippen LogP contribution is 2.25. The molecule has 0 aliphatic carbocycles. The van der Waals surface area contributed by atoms with E-state index in [4.69, 9.17) is 5.84 Å². The lowest BCUT2D eigenvalue weighted by Crippen LogP contribution is -2.43. The molecule has 1 atom stereocenters. The first-order chi connectivity index (χ1) is 8.29. The summed E-state index contributed by atoms with van der Waals surface area (Å²) in [6.45, 7) is 8.41. The van der Waals surface area contributed by atoms with E-state index in [9.17, 15) is 4.79 Å². The van der Waals surface area contributed by atoms with Crippen LogP contribution in [-0.4, -0.2) is 23.9 Å². The van der Waals surface area contributed by atoms with Gasteiger partial charge in [0.15, 0.2) is 0 Å². The van der Waals surface area contributed by atoms with Crippen molar-refractivity contribution >= 4 is 11.6 Å². The van der Waals surface area contributed by atoms with Crippen LogP contribution in [0, 0.1) is 5.41 Å². The van der Waals surface area contributed by atoms with Gasteiger partial charge in [0.25, 0.3) is 5.91 Å². The van der Waals surface area contributed by atoms with E-state index in [2.05, 4.69) is 33.1 Å². The molecule has 1 amide bonds. The molecular formula is C14H23N3O. The molecule has 0 aliphatic rings. The van der Waals surface area contributed by atoms with Crippen LogP contribution in [-0.2, 0) is 0 Å². The highest BCUT2D eigenvalue weighted by Gasteiger charge is 2.28. The smallest absolute Gasteiger partial charge is 0.256 e. The molecule has 0 radical (unpaired) electrons. The minimum atomic E-state index is -0.0222. The number of amides is 1. The monoisotopic (exact) mass is 249 g/mol. The van der Waals surface area contributed by atoms with Gasteiger partial charge in [0, 0.05) is 13.1 Å². The Bertz CT molecular complexity index is 423. The summed E-state index contributed by atoms with van der Waals surface area (Å²) >= 11 is 0. The Hall–Kier alpha value is -1.55. The van der Waals surface area contributed by atoms with Gasteiger partial charge >= 0.3 is 0 Å². The van der Waals surface area contributed by atoms with E-state index in [1.807, 2.05) is 19.2 Å². The topological polar surface area (TPSA) is 58.4 Å². The average molecular weight is 249 g/mol. The normalized spacial score (nSPS) is 13.0. The number of hydrazine groups is 1. The number of nitrogens with zero attached hydrogens (tertiary/aromatic N) is 1. The van der Waals surface area contributed by atoms with Gasteiger partial charge in [-0.1, -0.05) is 32.9 Å². The Morgan fingerprint density at radius 2 is 1.89 bits per heavy atom. The van der Waals surface area contributed by atoms with Crippen molar-refractivity contribution in [3.05, 3.63) is 29.8 Å². The van der Waals surface area contributed by atoms with Gasteiger partial charge in [-0.3, -0.25) is 10.6 Å². The summed E-state index contributed by atoms with van der Waals surface area (Å²) in [7, 11) is 1.82. The molecule has 4 nitrogen and oxygen atoms in total. The quantitative estimate of drug-likeness (QED) is 0.639. The maximum Gasteiger partial charge on any atom is 0.256 e. The summed E-state index contributed by atoms with van der Waals surface area (Å²) < 4.78 is 0. The van der Waals surface area contributed by atoms with Crippen LogP contribution in [0.5, 0.6) is 0 Å². The van der Waals surface area contributed by atoms with Gasteiger partial charge in [0.05, 0.1) is 11.3 Å². The van der Waals surface area contributed by atoms with Crippen LogP contribution in [0.4, 0.5) is 5.69 Å². The van der Waals surface area contributed by atoms with Crippen molar-refractivity contribution in [3.8, 4) is 0 Å². The molecule has 0 saturated carbocycles. The minimum absolute atomic E-state index is 0.0222. The summed E-state index contributed by atoms with van der Waals surface area (Å²) in [6.07, 6.45) is 0. The predicted octanol–water partition coefficient (Wildman–Crippen LogP) is 2.48. The molecule has 0 spiro atoms. The number of hydrogen-bond donors (Lipinski definition) is 2. The highest BCUT2D eigenvalue weighted by atomic mass is 16.2. The molecule has 0 aliphatic heterocycles. The Kier molecular flexibility index (Phi) is 4.35. The summed E-state index contributed by atoms with van der Waals surface area (Å²) in [4.78, 5) is 14.2. The second-order valence-corrected chi connectivity index (χ2v) is 5.65. The average Bonchev–Trinajstić information content (AvgIpc) is 2.34. The van der Waals surface area contributed by atoms with Crippen molar-refractivity contribution in [1.29, 1.82) is 0 Å². The lowest BCUT2D eigenvalue weighted by atomic mass is 9.87. The molecule has 0 bridgehead atoms. The van der Waals surface area contributed by atoms with Crippen LogP contribution in [0.25, 0.3) is 0 Å². The zero-order chi connectivity index (χ0) is 13.9. The Morgan fingerprint density at radius 1 is 1.33 bits per heavy atom. The van der Waals surface area contributed by atoms with E-state index in [0.717, 1.165) is 0 Å². The molecule has 0 saturated heterocycles. The fourth-order valence-electron chi connectivity index (χ4n) is 1.74. The minimum Gasteiger partial charge on any atom is -0.338 e. The van der Waals surface area contributed by atoms with E-state index in [1.54, 1.807) is 17.0 Å². The molecule has 0 fully saturated rings. The van der Waals surface area contributed by atoms with Crippen molar-refractivity contribution in [2.24, 2.45) is 11.3 Å². The second-order valence-electron chi connectivity index (χ2n) is 5.65. The number of nitrogens with two attached hydrogens (primary N) is 1. The SMILES string of the molecule is CC(N(C)C(=O)c1ccccc1NN)C(C)(C)C. The molecular weight excluding hydrogens is 226 g/mol. The van der Waals surface area contributed by atoms with Crippen LogP contribution >= 0.6 is 0 Å². The van der Waals surface area contributed by atoms with Crippen molar-refractivity contribution in [3.63, 3.8) is 0 Å². The maximum absolute atomic E-state index is 12.4. The molecule has 1 aromatic rings. The van der Waals surface area contributed by atoms with Gasteiger partial charge in [-0.05, 0) is 24.5 Å². The van der Waals surface area contributed by atoms with E-state index in [1.165, 1.54) is 0 Å². The van der Waals surface area contributed by atoms with Crippen LogP contribution < -0.4 is 11.3 Å². The van der Waals surface area contributed by atoms with Crippen LogP contribution in [0.2, 0.25) is 0 Å². The Morgan fingerprint density at radius 3 is 2.39 bits per heavy atom. The second kappa shape index (κ2) is 5.40. The number of nitrogen functional groups attached to an aromatic ring is 1. The van der Waals surface area contributed by atoms with Gasteiger partial charge in [0.2, 0.25) is 0 Å². The van der Waals surface area contributed by atoms with E-state index >= 15 is 0 Å². The van der Waals surface area contributed by atoms with Crippen molar-refractivity contribution < 1.29 is 4.79 Å². The van der Waals surface area contributed by atoms with Crippen molar-refractivity contribution in [2.45, 2.75) is 33.7 Å². The lowest BCUT2D eigenvalue weighted by Gasteiger charge is -2.35. The first-order valence-corrected chi connectivity index (χ1v) is 6.12. The molecule has 1 rings (SSSR count). The van der Waals surface area contributed by atoms with Crippen LogP contribution in [0.3, 0.4) is 0 Å². The summed E-state index contributed by atoms with van der Waals surface area (Å²) in [5.41, 5.74) is 3.84. The van der Waals surface area contributed by atoms with Gasteiger partial charge in [-0.2, -0.15) is 0 Å².